The predicted molar refractivity (Wildman–Crippen MR) is 106 cm³/mol. The quantitative estimate of drug-likeness (QED) is 0.499. The van der Waals surface area contributed by atoms with E-state index in [1.165, 1.54) is 12.1 Å². The summed E-state index contributed by atoms with van der Waals surface area (Å²) in [5.74, 6) is 0.843. The minimum atomic E-state index is -0.278. The Balaban J connectivity index is 1.57. The molecule has 0 atom stereocenters. The van der Waals surface area contributed by atoms with Crippen LogP contribution in [0.5, 0.6) is 0 Å². The lowest BCUT2D eigenvalue weighted by Gasteiger charge is -2.05. The van der Waals surface area contributed by atoms with Crippen molar-refractivity contribution in [1.82, 2.24) is 33.7 Å². The van der Waals surface area contributed by atoms with Gasteiger partial charge in [-0.2, -0.15) is 5.10 Å². The van der Waals surface area contributed by atoms with Crippen LogP contribution in [0.15, 0.2) is 53.8 Å². The summed E-state index contributed by atoms with van der Waals surface area (Å²) < 4.78 is 18.6. The first-order valence-corrected chi connectivity index (χ1v) is 9.37. The van der Waals surface area contributed by atoms with E-state index >= 15 is 0 Å². The van der Waals surface area contributed by atoms with Crippen LogP contribution < -0.4 is 5.56 Å². The van der Waals surface area contributed by atoms with Crippen molar-refractivity contribution in [3.8, 4) is 11.4 Å². The number of aromatic amines is 1. The van der Waals surface area contributed by atoms with Gasteiger partial charge >= 0.3 is 0 Å². The number of nitrogens with one attached hydrogen (secondary N) is 1. The zero-order valence-electron chi connectivity index (χ0n) is 15.7. The fourth-order valence-corrected chi connectivity index (χ4v) is 3.53. The van der Waals surface area contributed by atoms with Gasteiger partial charge in [0.2, 0.25) is 5.78 Å². The molecule has 0 spiro atoms. The van der Waals surface area contributed by atoms with Crippen molar-refractivity contribution in [1.29, 1.82) is 0 Å². The highest BCUT2D eigenvalue weighted by molar-refractivity contribution is 5.77. The van der Waals surface area contributed by atoms with E-state index in [9.17, 15) is 9.18 Å². The largest absolute Gasteiger partial charge is 0.332 e. The number of rotatable bonds is 5. The number of fused-ring (bicyclic) bond motifs is 3. The Morgan fingerprint density at radius 3 is 3.00 bits per heavy atom. The van der Waals surface area contributed by atoms with Crippen molar-refractivity contribution in [3.05, 3.63) is 70.8 Å². The van der Waals surface area contributed by atoms with Crippen LogP contribution in [0.4, 0.5) is 4.39 Å². The third-order valence-electron chi connectivity index (χ3n) is 4.82. The normalized spacial score (nSPS) is 11.7. The maximum absolute atomic E-state index is 13.4. The molecule has 1 aromatic carbocycles. The Labute approximate surface area is 164 Å². The molecule has 5 aromatic rings. The predicted octanol–water partition coefficient (Wildman–Crippen LogP) is 2.83. The van der Waals surface area contributed by atoms with Gasteiger partial charge in [-0.3, -0.25) is 18.4 Å². The molecule has 9 heteroatoms. The van der Waals surface area contributed by atoms with Crippen LogP contribution >= 0.6 is 0 Å². The molecule has 0 saturated carbocycles. The lowest BCUT2D eigenvalue weighted by atomic mass is 10.2. The van der Waals surface area contributed by atoms with E-state index < -0.39 is 0 Å². The van der Waals surface area contributed by atoms with E-state index in [1.54, 1.807) is 33.9 Å². The summed E-state index contributed by atoms with van der Waals surface area (Å²) in [6.07, 6.45) is 7.76. The summed E-state index contributed by atoms with van der Waals surface area (Å²) in [4.78, 5) is 25.0. The Hall–Kier alpha value is -3.75. The van der Waals surface area contributed by atoms with Gasteiger partial charge in [-0.1, -0.05) is 19.1 Å². The summed E-state index contributed by atoms with van der Waals surface area (Å²) in [5.41, 5.74) is 2.37. The standard InChI is InChI=1S/C20H18FN7O/c1-2-7-28-19(29)16-18(27-8-6-22-20(27)28)25-17(24-16)14-10-23-26(12-14)11-13-4-3-5-15(21)9-13/h3-6,8-10,12H,2,7,11H2,1H3,(H,24,25). The van der Waals surface area contributed by atoms with E-state index in [4.69, 9.17) is 0 Å². The van der Waals surface area contributed by atoms with Gasteiger partial charge in [-0.05, 0) is 24.1 Å². The third kappa shape index (κ3) is 2.91. The Bertz CT molecular complexity index is 1390. The fourth-order valence-electron chi connectivity index (χ4n) is 3.53. The second-order valence-electron chi connectivity index (χ2n) is 6.89. The van der Waals surface area contributed by atoms with Gasteiger partial charge in [0, 0.05) is 25.1 Å². The van der Waals surface area contributed by atoms with Crippen molar-refractivity contribution in [2.75, 3.05) is 0 Å². The summed E-state index contributed by atoms with van der Waals surface area (Å²) in [7, 11) is 0. The van der Waals surface area contributed by atoms with Gasteiger partial charge < -0.3 is 4.98 Å². The Morgan fingerprint density at radius 1 is 1.28 bits per heavy atom. The first-order valence-electron chi connectivity index (χ1n) is 9.37. The zero-order valence-corrected chi connectivity index (χ0v) is 15.7. The van der Waals surface area contributed by atoms with Crippen molar-refractivity contribution < 1.29 is 4.39 Å². The number of hydrogen-bond acceptors (Lipinski definition) is 4. The zero-order chi connectivity index (χ0) is 20.0. The van der Waals surface area contributed by atoms with E-state index in [2.05, 4.69) is 20.1 Å². The highest BCUT2D eigenvalue weighted by Gasteiger charge is 2.17. The molecule has 0 aliphatic carbocycles. The number of aryl methyl sites for hydroxylation is 1. The number of H-pyrrole nitrogens is 1. The maximum Gasteiger partial charge on any atom is 0.280 e. The molecule has 1 N–H and O–H groups in total. The second-order valence-corrected chi connectivity index (χ2v) is 6.89. The summed E-state index contributed by atoms with van der Waals surface area (Å²) in [5, 5.41) is 4.34. The smallest absolute Gasteiger partial charge is 0.280 e. The SMILES string of the molecule is CCCn1c(=O)c2[nH]c(-c3cnn(Cc4cccc(F)c4)c3)nc2n2ccnc12. The average Bonchev–Trinajstić information content (AvgIpc) is 3.43. The molecule has 0 aliphatic heterocycles. The van der Waals surface area contributed by atoms with Crippen molar-refractivity contribution in [2.45, 2.75) is 26.4 Å². The molecule has 0 fully saturated rings. The monoisotopic (exact) mass is 391 g/mol. The molecule has 0 radical (unpaired) electrons. The summed E-state index contributed by atoms with van der Waals surface area (Å²) in [6.45, 7) is 3.03. The molecule has 0 saturated heterocycles. The first-order chi connectivity index (χ1) is 14.1. The van der Waals surface area contributed by atoms with Crippen LogP contribution in [-0.2, 0) is 13.1 Å². The third-order valence-corrected chi connectivity index (χ3v) is 4.82. The molecular formula is C20H18FN7O. The highest BCUT2D eigenvalue weighted by atomic mass is 19.1. The van der Waals surface area contributed by atoms with Crippen molar-refractivity contribution in [3.63, 3.8) is 0 Å². The molecule has 4 heterocycles. The van der Waals surface area contributed by atoms with E-state index in [0.717, 1.165) is 17.5 Å². The molecule has 146 valence electrons. The molecule has 0 amide bonds. The maximum atomic E-state index is 13.4. The average molecular weight is 391 g/mol. The number of nitrogens with zero attached hydrogens (tertiary/aromatic N) is 6. The van der Waals surface area contributed by atoms with Crippen LogP contribution in [0.2, 0.25) is 0 Å². The Morgan fingerprint density at radius 2 is 2.17 bits per heavy atom. The number of halogens is 1. The number of hydrogen-bond donors (Lipinski definition) is 1. The molecule has 0 aliphatic rings. The minimum Gasteiger partial charge on any atom is -0.332 e. The van der Waals surface area contributed by atoms with Crippen molar-refractivity contribution in [2.24, 2.45) is 0 Å². The van der Waals surface area contributed by atoms with Crippen LogP contribution in [0.3, 0.4) is 0 Å². The van der Waals surface area contributed by atoms with Gasteiger partial charge in [0.05, 0.1) is 18.3 Å². The van der Waals surface area contributed by atoms with Crippen LogP contribution in [-0.4, -0.2) is 33.7 Å². The van der Waals surface area contributed by atoms with Crippen molar-refractivity contribution >= 4 is 16.9 Å². The molecule has 0 unspecified atom stereocenters. The van der Waals surface area contributed by atoms with Gasteiger partial charge in [-0.25, -0.2) is 14.4 Å². The van der Waals surface area contributed by atoms with E-state index in [1.807, 2.05) is 23.6 Å². The minimum absolute atomic E-state index is 0.147. The van der Waals surface area contributed by atoms with Gasteiger partial charge in [0.1, 0.15) is 11.6 Å². The lowest BCUT2D eigenvalue weighted by Crippen LogP contribution is -2.23. The lowest BCUT2D eigenvalue weighted by molar-refractivity contribution is 0.619. The Kier molecular flexibility index (Phi) is 4.01. The highest BCUT2D eigenvalue weighted by Crippen LogP contribution is 2.20. The number of benzene rings is 1. The van der Waals surface area contributed by atoms with Crippen LogP contribution in [0.1, 0.15) is 18.9 Å². The topological polar surface area (TPSA) is 85.8 Å². The summed E-state index contributed by atoms with van der Waals surface area (Å²) >= 11 is 0. The molecule has 8 nitrogen and oxygen atoms in total. The van der Waals surface area contributed by atoms with Crippen LogP contribution in [0, 0.1) is 5.82 Å². The summed E-state index contributed by atoms with van der Waals surface area (Å²) in [6, 6.07) is 6.41. The van der Waals surface area contributed by atoms with Gasteiger partial charge in [0.15, 0.2) is 11.2 Å². The molecule has 4 aromatic heterocycles. The second kappa shape index (κ2) is 6.69. The number of imidazole rings is 2. The number of aromatic nitrogens is 7. The van der Waals surface area contributed by atoms with E-state index in [0.29, 0.717) is 35.9 Å². The molecular weight excluding hydrogens is 373 g/mol. The van der Waals surface area contributed by atoms with E-state index in [-0.39, 0.29) is 11.4 Å². The van der Waals surface area contributed by atoms with Gasteiger partial charge in [0.25, 0.3) is 5.56 Å². The first kappa shape index (κ1) is 17.4. The molecule has 5 rings (SSSR count). The fraction of sp³-hybridized carbons (Fsp3) is 0.200. The molecule has 0 bridgehead atoms. The molecule has 29 heavy (non-hydrogen) atoms. The van der Waals surface area contributed by atoms with Gasteiger partial charge in [-0.15, -0.1) is 0 Å². The van der Waals surface area contributed by atoms with Crippen LogP contribution in [0.25, 0.3) is 28.3 Å².